The Bertz CT molecular complexity index is 747. The number of furan rings is 1. The molecule has 0 bridgehead atoms. The van der Waals surface area contributed by atoms with Crippen molar-refractivity contribution in [3.05, 3.63) is 83.8 Å². The van der Waals surface area contributed by atoms with Crippen LogP contribution < -0.4 is 0 Å². The van der Waals surface area contributed by atoms with Crippen LogP contribution in [-0.2, 0) is 5.67 Å². The number of halogens is 3. The van der Waals surface area contributed by atoms with E-state index >= 15 is 4.39 Å². The summed E-state index contributed by atoms with van der Waals surface area (Å²) in [6.07, 6.45) is 4.94. The fourth-order valence-corrected chi connectivity index (χ4v) is 2.15. The first-order valence-corrected chi connectivity index (χ1v) is 6.06. The van der Waals surface area contributed by atoms with Crippen LogP contribution in [0.2, 0.25) is 0 Å². The van der Waals surface area contributed by atoms with E-state index in [-0.39, 0.29) is 16.9 Å². The topological polar surface area (TPSA) is 38.9 Å². The molecule has 0 N–H and O–H groups in total. The highest BCUT2D eigenvalue weighted by Crippen LogP contribution is 2.41. The van der Waals surface area contributed by atoms with Crippen LogP contribution in [-0.4, -0.2) is 9.97 Å². The molecule has 3 rings (SSSR count). The zero-order valence-corrected chi connectivity index (χ0v) is 10.6. The van der Waals surface area contributed by atoms with Crippen LogP contribution in [0.1, 0.15) is 16.9 Å². The van der Waals surface area contributed by atoms with Gasteiger partial charge in [-0.3, -0.25) is 0 Å². The number of benzene rings is 1. The molecule has 106 valence electrons. The molecule has 0 saturated heterocycles. The molecule has 1 aromatic carbocycles. The summed E-state index contributed by atoms with van der Waals surface area (Å²) in [4.78, 5) is 7.49. The molecule has 2 aromatic heterocycles. The van der Waals surface area contributed by atoms with Crippen LogP contribution in [0.5, 0.6) is 0 Å². The Morgan fingerprint density at radius 1 is 1.05 bits per heavy atom. The van der Waals surface area contributed by atoms with Gasteiger partial charge in [0.2, 0.25) is 5.67 Å². The number of hydrogen-bond acceptors (Lipinski definition) is 3. The third-order valence-corrected chi connectivity index (χ3v) is 3.12. The standard InChI is InChI=1S/C15H9F3N2O/c16-11-3-4-12(13(17)6-11)15(18,14-2-1-5-21-14)10-7-19-9-20-8-10/h1-9H. The molecule has 0 amide bonds. The summed E-state index contributed by atoms with van der Waals surface area (Å²) in [5, 5.41) is 0. The minimum Gasteiger partial charge on any atom is -0.465 e. The summed E-state index contributed by atoms with van der Waals surface area (Å²) < 4.78 is 47.9. The first-order valence-electron chi connectivity index (χ1n) is 6.06. The average Bonchev–Trinajstić information content (AvgIpc) is 3.02. The van der Waals surface area contributed by atoms with Crippen molar-refractivity contribution in [3.63, 3.8) is 0 Å². The minimum absolute atomic E-state index is 0.00884. The number of nitrogens with zero attached hydrogens (tertiary/aromatic N) is 2. The summed E-state index contributed by atoms with van der Waals surface area (Å²) in [7, 11) is 0. The smallest absolute Gasteiger partial charge is 0.223 e. The van der Waals surface area contributed by atoms with E-state index in [1.54, 1.807) is 0 Å². The Morgan fingerprint density at radius 3 is 2.43 bits per heavy atom. The highest BCUT2D eigenvalue weighted by atomic mass is 19.2. The number of hydrogen-bond donors (Lipinski definition) is 0. The maximum atomic E-state index is 15.7. The van der Waals surface area contributed by atoms with Crippen LogP contribution in [0.3, 0.4) is 0 Å². The van der Waals surface area contributed by atoms with Gasteiger partial charge in [0.25, 0.3) is 0 Å². The van der Waals surface area contributed by atoms with E-state index in [4.69, 9.17) is 4.42 Å². The van der Waals surface area contributed by atoms with Crippen LogP contribution in [0.25, 0.3) is 0 Å². The van der Waals surface area contributed by atoms with E-state index in [0.717, 1.165) is 12.1 Å². The quantitative estimate of drug-likeness (QED) is 0.739. The molecular weight excluding hydrogens is 281 g/mol. The summed E-state index contributed by atoms with van der Waals surface area (Å²) >= 11 is 0. The zero-order valence-electron chi connectivity index (χ0n) is 10.6. The van der Waals surface area contributed by atoms with Gasteiger partial charge in [0.1, 0.15) is 18.0 Å². The van der Waals surface area contributed by atoms with Gasteiger partial charge < -0.3 is 4.42 Å². The molecule has 0 radical (unpaired) electrons. The van der Waals surface area contributed by atoms with Crippen molar-refractivity contribution in [1.29, 1.82) is 0 Å². The average molecular weight is 290 g/mol. The summed E-state index contributed by atoms with van der Waals surface area (Å²) in [6.45, 7) is 0. The second-order valence-corrected chi connectivity index (χ2v) is 4.39. The van der Waals surface area contributed by atoms with E-state index < -0.39 is 17.3 Å². The Balaban J connectivity index is 2.27. The second kappa shape index (κ2) is 5.05. The Labute approximate surface area is 118 Å². The molecule has 0 saturated carbocycles. The van der Waals surface area contributed by atoms with Gasteiger partial charge in [-0.1, -0.05) is 0 Å². The van der Waals surface area contributed by atoms with Crippen LogP contribution >= 0.6 is 0 Å². The van der Waals surface area contributed by atoms with E-state index in [9.17, 15) is 8.78 Å². The van der Waals surface area contributed by atoms with Gasteiger partial charge in [-0.25, -0.2) is 23.1 Å². The van der Waals surface area contributed by atoms with E-state index in [1.165, 1.54) is 37.1 Å². The van der Waals surface area contributed by atoms with Crippen molar-refractivity contribution in [2.45, 2.75) is 5.67 Å². The Morgan fingerprint density at radius 2 is 1.81 bits per heavy atom. The zero-order chi connectivity index (χ0) is 14.9. The van der Waals surface area contributed by atoms with Gasteiger partial charge in [-0.05, 0) is 24.3 Å². The van der Waals surface area contributed by atoms with Gasteiger partial charge in [0.15, 0.2) is 5.76 Å². The van der Waals surface area contributed by atoms with E-state index in [0.29, 0.717) is 6.07 Å². The molecule has 3 aromatic rings. The van der Waals surface area contributed by atoms with Gasteiger partial charge >= 0.3 is 0 Å². The fraction of sp³-hybridized carbons (Fsp3) is 0.0667. The highest BCUT2D eigenvalue weighted by Gasteiger charge is 2.42. The molecule has 21 heavy (non-hydrogen) atoms. The van der Waals surface area contributed by atoms with E-state index in [2.05, 4.69) is 9.97 Å². The second-order valence-electron chi connectivity index (χ2n) is 4.39. The molecule has 3 nitrogen and oxygen atoms in total. The maximum absolute atomic E-state index is 15.7. The van der Waals surface area contributed by atoms with Crippen molar-refractivity contribution >= 4 is 0 Å². The van der Waals surface area contributed by atoms with Crippen LogP contribution in [0.4, 0.5) is 13.2 Å². The molecule has 0 aliphatic carbocycles. The van der Waals surface area contributed by atoms with Crippen LogP contribution in [0, 0.1) is 11.6 Å². The molecule has 1 atom stereocenters. The number of aromatic nitrogens is 2. The largest absolute Gasteiger partial charge is 0.465 e. The minimum atomic E-state index is -2.44. The third-order valence-electron chi connectivity index (χ3n) is 3.12. The molecule has 0 spiro atoms. The van der Waals surface area contributed by atoms with Gasteiger partial charge in [-0.15, -0.1) is 0 Å². The third kappa shape index (κ3) is 2.18. The summed E-state index contributed by atoms with van der Waals surface area (Å²) in [5.74, 6) is -1.94. The van der Waals surface area contributed by atoms with Crippen molar-refractivity contribution < 1.29 is 17.6 Å². The molecule has 6 heteroatoms. The lowest BCUT2D eigenvalue weighted by atomic mass is 9.87. The van der Waals surface area contributed by atoms with Crippen molar-refractivity contribution in [2.75, 3.05) is 0 Å². The lowest BCUT2D eigenvalue weighted by Gasteiger charge is -2.24. The Hall–Kier alpha value is -2.63. The first kappa shape index (κ1) is 13.4. The van der Waals surface area contributed by atoms with Gasteiger partial charge in [0, 0.05) is 29.6 Å². The van der Waals surface area contributed by atoms with Crippen molar-refractivity contribution in [2.24, 2.45) is 0 Å². The predicted octanol–water partition coefficient (Wildman–Crippen LogP) is 3.61. The lowest BCUT2D eigenvalue weighted by molar-refractivity contribution is 0.223. The molecule has 0 aliphatic rings. The predicted molar refractivity (Wildman–Crippen MR) is 68.1 cm³/mol. The van der Waals surface area contributed by atoms with Crippen molar-refractivity contribution in [3.8, 4) is 0 Å². The monoisotopic (exact) mass is 290 g/mol. The molecule has 0 aliphatic heterocycles. The lowest BCUT2D eigenvalue weighted by Crippen LogP contribution is -2.25. The normalized spacial score (nSPS) is 13.9. The summed E-state index contributed by atoms with van der Waals surface area (Å²) in [6, 6.07) is 5.50. The van der Waals surface area contributed by atoms with Crippen LogP contribution in [0.15, 0.2) is 59.7 Å². The van der Waals surface area contributed by atoms with Gasteiger partial charge in [-0.2, -0.15) is 0 Å². The molecule has 0 fully saturated rings. The maximum Gasteiger partial charge on any atom is 0.223 e. The number of alkyl halides is 1. The molecule has 2 heterocycles. The van der Waals surface area contributed by atoms with Crippen molar-refractivity contribution in [1.82, 2.24) is 9.97 Å². The molecular formula is C15H9F3N2O. The molecule has 1 unspecified atom stereocenters. The van der Waals surface area contributed by atoms with E-state index in [1.807, 2.05) is 0 Å². The Kier molecular flexibility index (Phi) is 3.21. The fourth-order valence-electron chi connectivity index (χ4n) is 2.15. The summed E-state index contributed by atoms with van der Waals surface area (Å²) in [5.41, 5.74) is -2.82. The highest BCUT2D eigenvalue weighted by molar-refractivity contribution is 5.42. The first-order chi connectivity index (χ1) is 10.1. The number of rotatable bonds is 3. The SMILES string of the molecule is Fc1ccc(C(F)(c2cncnc2)c2ccco2)c(F)c1. The van der Waals surface area contributed by atoms with Gasteiger partial charge in [0.05, 0.1) is 6.26 Å².